The summed E-state index contributed by atoms with van der Waals surface area (Å²) >= 11 is 0. The Balaban J connectivity index is 1.65. The third kappa shape index (κ3) is 5.32. The van der Waals surface area contributed by atoms with Crippen molar-refractivity contribution in [2.24, 2.45) is 0 Å². The number of rotatable bonds is 5. The Labute approximate surface area is 199 Å². The van der Waals surface area contributed by atoms with Crippen LogP contribution in [-0.4, -0.2) is 37.8 Å². The van der Waals surface area contributed by atoms with Gasteiger partial charge < -0.3 is 9.64 Å². The van der Waals surface area contributed by atoms with E-state index in [1.807, 2.05) is 6.07 Å². The van der Waals surface area contributed by atoms with E-state index >= 15 is 0 Å². The van der Waals surface area contributed by atoms with Gasteiger partial charge in [0.25, 0.3) is 5.91 Å². The van der Waals surface area contributed by atoms with Gasteiger partial charge in [0, 0.05) is 19.3 Å². The van der Waals surface area contributed by atoms with Crippen molar-refractivity contribution in [3.63, 3.8) is 0 Å². The smallest absolute Gasteiger partial charge is 0.425 e. The van der Waals surface area contributed by atoms with E-state index < -0.39 is 28.0 Å². The molecule has 1 unspecified atom stereocenters. The second-order valence-electron chi connectivity index (χ2n) is 8.39. The minimum atomic E-state index is -4.67. The molecular weight excluding hydrogens is 486 g/mol. The maximum atomic E-state index is 13.6. The number of hydrogen-bond acceptors (Lipinski definition) is 4. The molecule has 3 aromatic rings. The van der Waals surface area contributed by atoms with Crippen LogP contribution in [0.3, 0.4) is 0 Å². The number of carbonyl (C=O) groups is 1. The molecule has 0 bridgehead atoms. The van der Waals surface area contributed by atoms with Crippen LogP contribution in [-0.2, 0) is 22.9 Å². The fourth-order valence-electron chi connectivity index (χ4n) is 3.82. The summed E-state index contributed by atoms with van der Waals surface area (Å²) in [6.45, 7) is 1.13. The van der Waals surface area contributed by atoms with Gasteiger partial charge in [0.05, 0.1) is 10.5 Å². The Morgan fingerprint density at radius 3 is 2.31 bits per heavy atom. The molecule has 184 valence electrons. The number of hydrogen-bond donors (Lipinski definition) is 0. The Morgan fingerprint density at radius 1 is 0.971 bits per heavy atom. The van der Waals surface area contributed by atoms with E-state index in [0.717, 1.165) is 48.1 Å². The van der Waals surface area contributed by atoms with Gasteiger partial charge >= 0.3 is 6.18 Å². The van der Waals surface area contributed by atoms with Gasteiger partial charge in [0.2, 0.25) is 0 Å². The van der Waals surface area contributed by atoms with Crippen molar-refractivity contribution in [3.05, 3.63) is 83.2 Å². The number of ether oxygens (including phenoxy) is 1. The standard InChI is InChI=1S/C25H21F4NO4S/c1-15(25(27,28)29)34-23-9-8-21(35(2,32)33)12-22(23)24(31)30-13-18-7-6-17(10-19(18)14-30)16-4-3-5-20(26)11-16/h3-12,15H,13-14H2,1-2H3. The molecule has 0 spiro atoms. The lowest BCUT2D eigenvalue weighted by Crippen LogP contribution is -2.32. The van der Waals surface area contributed by atoms with Crippen molar-refractivity contribution >= 4 is 15.7 Å². The van der Waals surface area contributed by atoms with Crippen LogP contribution >= 0.6 is 0 Å². The molecule has 0 saturated carbocycles. The maximum Gasteiger partial charge on any atom is 0.425 e. The Bertz CT molecular complexity index is 1400. The summed E-state index contributed by atoms with van der Waals surface area (Å²) in [5.74, 6) is -1.40. The van der Waals surface area contributed by atoms with Crippen LogP contribution in [0, 0.1) is 5.82 Å². The van der Waals surface area contributed by atoms with Gasteiger partial charge in [0.15, 0.2) is 15.9 Å². The first-order valence-corrected chi connectivity index (χ1v) is 12.5. The highest BCUT2D eigenvalue weighted by molar-refractivity contribution is 7.90. The molecule has 1 aliphatic heterocycles. The van der Waals surface area contributed by atoms with Gasteiger partial charge in [-0.1, -0.05) is 24.3 Å². The largest absolute Gasteiger partial charge is 0.480 e. The Kier molecular flexibility index (Phi) is 6.35. The van der Waals surface area contributed by atoms with E-state index in [2.05, 4.69) is 0 Å². The number of alkyl halides is 3. The number of fused-ring (bicyclic) bond motifs is 1. The molecule has 1 amide bonds. The fourth-order valence-corrected chi connectivity index (χ4v) is 4.47. The number of halogens is 4. The number of benzene rings is 3. The Hall–Kier alpha value is -3.40. The highest BCUT2D eigenvalue weighted by atomic mass is 32.2. The minimum Gasteiger partial charge on any atom is -0.480 e. The average molecular weight is 508 g/mol. The monoisotopic (exact) mass is 507 g/mol. The molecule has 5 nitrogen and oxygen atoms in total. The summed E-state index contributed by atoms with van der Waals surface area (Å²) in [6.07, 6.45) is -5.94. The van der Waals surface area contributed by atoms with Crippen LogP contribution < -0.4 is 4.74 Å². The van der Waals surface area contributed by atoms with Gasteiger partial charge in [0.1, 0.15) is 11.6 Å². The van der Waals surface area contributed by atoms with Crippen LogP contribution in [0.25, 0.3) is 11.1 Å². The average Bonchev–Trinajstić information content (AvgIpc) is 3.21. The molecule has 1 heterocycles. The van der Waals surface area contributed by atoms with Crippen LogP contribution in [0.2, 0.25) is 0 Å². The molecule has 10 heteroatoms. The molecule has 0 radical (unpaired) electrons. The summed E-state index contributed by atoms with van der Waals surface area (Å²) in [7, 11) is -3.73. The van der Waals surface area contributed by atoms with E-state index in [1.54, 1.807) is 24.3 Å². The van der Waals surface area contributed by atoms with Crippen molar-refractivity contribution in [2.75, 3.05) is 6.26 Å². The van der Waals surface area contributed by atoms with E-state index in [9.17, 15) is 30.8 Å². The van der Waals surface area contributed by atoms with Crippen molar-refractivity contribution < 1.29 is 35.5 Å². The summed E-state index contributed by atoms with van der Waals surface area (Å²) in [6, 6.07) is 14.7. The molecule has 35 heavy (non-hydrogen) atoms. The van der Waals surface area contributed by atoms with Crippen molar-refractivity contribution in [1.29, 1.82) is 0 Å². The lowest BCUT2D eigenvalue weighted by atomic mass is 10.0. The molecule has 4 rings (SSSR count). The minimum absolute atomic E-state index is 0.148. The zero-order valence-electron chi connectivity index (χ0n) is 18.8. The molecule has 3 aromatic carbocycles. The van der Waals surface area contributed by atoms with Gasteiger partial charge in [-0.25, -0.2) is 12.8 Å². The van der Waals surface area contributed by atoms with Crippen molar-refractivity contribution in [3.8, 4) is 16.9 Å². The van der Waals surface area contributed by atoms with E-state index in [4.69, 9.17) is 4.74 Å². The number of amides is 1. The van der Waals surface area contributed by atoms with E-state index in [0.29, 0.717) is 5.56 Å². The molecule has 1 aliphatic rings. The number of sulfone groups is 1. The highest BCUT2D eigenvalue weighted by Gasteiger charge is 2.39. The number of carbonyl (C=O) groups excluding carboxylic acids is 1. The van der Waals surface area contributed by atoms with Crippen LogP contribution in [0.5, 0.6) is 5.75 Å². The quantitative estimate of drug-likeness (QED) is 0.435. The van der Waals surface area contributed by atoms with Gasteiger partial charge in [-0.05, 0) is 65.6 Å². The molecule has 0 fully saturated rings. The third-order valence-electron chi connectivity index (χ3n) is 5.75. The second kappa shape index (κ2) is 8.99. The van der Waals surface area contributed by atoms with E-state index in [-0.39, 0.29) is 35.1 Å². The molecule has 0 aromatic heterocycles. The summed E-state index contributed by atoms with van der Waals surface area (Å²) in [5.41, 5.74) is 2.76. The Morgan fingerprint density at radius 2 is 1.66 bits per heavy atom. The fraction of sp³-hybridized carbons (Fsp3) is 0.240. The topological polar surface area (TPSA) is 63.7 Å². The predicted octanol–water partition coefficient (Wildman–Crippen LogP) is 5.38. The predicted molar refractivity (Wildman–Crippen MR) is 121 cm³/mol. The first-order valence-electron chi connectivity index (χ1n) is 10.6. The SMILES string of the molecule is CC(Oc1ccc(S(C)(=O)=O)cc1C(=O)N1Cc2ccc(-c3cccc(F)c3)cc2C1)C(F)(F)F. The third-order valence-corrected chi connectivity index (χ3v) is 6.86. The summed E-state index contributed by atoms with van der Waals surface area (Å²) in [5, 5.41) is 0. The normalized spacial score (nSPS) is 14.5. The van der Waals surface area contributed by atoms with Crippen molar-refractivity contribution in [2.45, 2.75) is 37.2 Å². The molecule has 0 aliphatic carbocycles. The van der Waals surface area contributed by atoms with Crippen LogP contribution in [0.1, 0.15) is 28.4 Å². The van der Waals surface area contributed by atoms with Crippen LogP contribution in [0.4, 0.5) is 17.6 Å². The van der Waals surface area contributed by atoms with Crippen LogP contribution in [0.15, 0.2) is 65.6 Å². The van der Waals surface area contributed by atoms with Crippen molar-refractivity contribution in [1.82, 2.24) is 4.90 Å². The zero-order chi connectivity index (χ0) is 25.5. The molecular formula is C25H21F4NO4S. The summed E-state index contributed by atoms with van der Waals surface area (Å²) < 4.78 is 81.9. The van der Waals surface area contributed by atoms with Gasteiger partial charge in [-0.15, -0.1) is 0 Å². The van der Waals surface area contributed by atoms with Gasteiger partial charge in [-0.2, -0.15) is 13.2 Å². The van der Waals surface area contributed by atoms with E-state index in [1.165, 1.54) is 17.0 Å². The molecule has 0 N–H and O–H groups in total. The molecule has 1 atom stereocenters. The lowest BCUT2D eigenvalue weighted by Gasteiger charge is -2.22. The highest BCUT2D eigenvalue weighted by Crippen LogP contribution is 2.33. The maximum absolute atomic E-state index is 13.6. The first-order chi connectivity index (χ1) is 16.3. The lowest BCUT2D eigenvalue weighted by molar-refractivity contribution is -0.189. The number of nitrogens with zero attached hydrogens (tertiary/aromatic N) is 1. The molecule has 0 saturated heterocycles. The van der Waals surface area contributed by atoms with Gasteiger partial charge in [-0.3, -0.25) is 4.79 Å². The second-order valence-corrected chi connectivity index (χ2v) is 10.4. The summed E-state index contributed by atoms with van der Waals surface area (Å²) in [4.78, 5) is 14.6. The zero-order valence-corrected chi connectivity index (χ0v) is 19.6. The first kappa shape index (κ1) is 24.7.